The maximum atomic E-state index is 12.3. The summed E-state index contributed by atoms with van der Waals surface area (Å²) in [6.45, 7) is 0.523. The van der Waals surface area contributed by atoms with Crippen LogP contribution in [0.25, 0.3) is 0 Å². The molecule has 1 atom stereocenters. The van der Waals surface area contributed by atoms with Crippen molar-refractivity contribution in [3.8, 4) is 0 Å². The minimum absolute atomic E-state index is 0.155. The Morgan fingerprint density at radius 3 is 2.58 bits per heavy atom. The second-order valence-electron chi connectivity index (χ2n) is 3.81. The molecule has 19 heavy (non-hydrogen) atoms. The number of hydrogen-bond acceptors (Lipinski definition) is 4. The van der Waals surface area contributed by atoms with Gasteiger partial charge in [-0.2, -0.15) is 13.2 Å². The summed E-state index contributed by atoms with van der Waals surface area (Å²) < 4.78 is 41.6. The maximum Gasteiger partial charge on any atom is 0.414 e. The average Bonchev–Trinajstić information content (AvgIpc) is 2.33. The first-order chi connectivity index (χ1) is 8.77. The number of nitrogens with one attached hydrogen (secondary N) is 1. The van der Waals surface area contributed by atoms with E-state index < -0.39 is 17.2 Å². The summed E-state index contributed by atoms with van der Waals surface area (Å²) >= 11 is 0. The SMILES string of the molecule is CNc1c(COC(C)C(F)(F)F)cccc1[N+](=O)[O-]. The van der Waals surface area contributed by atoms with E-state index in [4.69, 9.17) is 0 Å². The Labute approximate surface area is 107 Å². The highest BCUT2D eigenvalue weighted by molar-refractivity contribution is 5.65. The summed E-state index contributed by atoms with van der Waals surface area (Å²) in [7, 11) is 1.46. The van der Waals surface area contributed by atoms with Gasteiger partial charge in [0.2, 0.25) is 0 Å². The molecule has 1 aromatic carbocycles. The first kappa shape index (κ1) is 15.2. The molecule has 1 aromatic rings. The van der Waals surface area contributed by atoms with E-state index in [0.717, 1.165) is 6.92 Å². The fourth-order valence-electron chi connectivity index (χ4n) is 1.46. The Morgan fingerprint density at radius 2 is 2.11 bits per heavy atom. The summed E-state index contributed by atoms with van der Waals surface area (Å²) in [5.74, 6) is 0. The molecule has 0 heterocycles. The van der Waals surface area contributed by atoms with E-state index in [9.17, 15) is 23.3 Å². The molecule has 1 N–H and O–H groups in total. The lowest BCUT2D eigenvalue weighted by Gasteiger charge is -2.17. The highest BCUT2D eigenvalue weighted by atomic mass is 19.4. The van der Waals surface area contributed by atoms with Crippen molar-refractivity contribution in [2.45, 2.75) is 25.8 Å². The number of nitrogens with zero attached hydrogens (tertiary/aromatic N) is 1. The molecule has 1 unspecified atom stereocenters. The molecule has 0 fully saturated rings. The Hall–Kier alpha value is -1.83. The lowest BCUT2D eigenvalue weighted by molar-refractivity contribution is -0.384. The van der Waals surface area contributed by atoms with Gasteiger partial charge in [-0.15, -0.1) is 0 Å². The number of nitro groups is 1. The number of nitro benzene ring substituents is 1. The molecular weight excluding hydrogens is 265 g/mol. The molecule has 0 spiro atoms. The Kier molecular flexibility index (Phi) is 4.71. The lowest BCUT2D eigenvalue weighted by atomic mass is 10.1. The van der Waals surface area contributed by atoms with Gasteiger partial charge in [0.15, 0.2) is 6.10 Å². The third kappa shape index (κ3) is 3.82. The van der Waals surface area contributed by atoms with Crippen molar-refractivity contribution in [1.82, 2.24) is 0 Å². The van der Waals surface area contributed by atoms with Gasteiger partial charge in [0.1, 0.15) is 5.69 Å². The number of ether oxygens (including phenoxy) is 1. The Balaban J connectivity index is 2.90. The van der Waals surface area contributed by atoms with Crippen LogP contribution in [0.4, 0.5) is 24.5 Å². The summed E-state index contributed by atoms with van der Waals surface area (Å²) in [6.07, 6.45) is -6.39. The van der Waals surface area contributed by atoms with Crippen LogP contribution in [-0.2, 0) is 11.3 Å². The summed E-state index contributed by atoms with van der Waals surface area (Å²) in [5.41, 5.74) is 0.248. The zero-order valence-corrected chi connectivity index (χ0v) is 10.3. The van der Waals surface area contributed by atoms with Crippen molar-refractivity contribution in [1.29, 1.82) is 0 Å². The van der Waals surface area contributed by atoms with E-state index in [1.54, 1.807) is 0 Å². The van der Waals surface area contributed by atoms with Crippen LogP contribution in [0.15, 0.2) is 18.2 Å². The zero-order chi connectivity index (χ0) is 14.6. The van der Waals surface area contributed by atoms with E-state index in [0.29, 0.717) is 5.56 Å². The smallest absolute Gasteiger partial charge is 0.382 e. The van der Waals surface area contributed by atoms with Crippen molar-refractivity contribution in [3.05, 3.63) is 33.9 Å². The van der Waals surface area contributed by atoms with Gasteiger partial charge < -0.3 is 10.1 Å². The lowest BCUT2D eigenvalue weighted by Crippen LogP contribution is -2.28. The number of halogens is 3. The molecule has 0 aromatic heterocycles. The first-order valence-electron chi connectivity index (χ1n) is 5.39. The van der Waals surface area contributed by atoms with Crippen molar-refractivity contribution >= 4 is 11.4 Å². The quantitative estimate of drug-likeness (QED) is 0.664. The zero-order valence-electron chi connectivity index (χ0n) is 10.3. The molecule has 0 radical (unpaired) electrons. The van der Waals surface area contributed by atoms with Crippen LogP contribution in [0.5, 0.6) is 0 Å². The first-order valence-corrected chi connectivity index (χ1v) is 5.39. The second kappa shape index (κ2) is 5.87. The van der Waals surface area contributed by atoms with Crippen LogP contribution in [0.2, 0.25) is 0 Å². The van der Waals surface area contributed by atoms with Gasteiger partial charge in [0.25, 0.3) is 5.69 Å². The molecule has 0 aliphatic carbocycles. The van der Waals surface area contributed by atoms with E-state index in [2.05, 4.69) is 10.1 Å². The van der Waals surface area contributed by atoms with Gasteiger partial charge in [0, 0.05) is 18.7 Å². The predicted octanol–water partition coefficient (Wildman–Crippen LogP) is 3.10. The van der Waals surface area contributed by atoms with Gasteiger partial charge >= 0.3 is 6.18 Å². The third-order valence-corrected chi connectivity index (χ3v) is 2.53. The molecule has 0 aliphatic rings. The summed E-state index contributed by atoms with van der Waals surface area (Å²) in [4.78, 5) is 10.2. The number of hydrogen-bond donors (Lipinski definition) is 1. The predicted molar refractivity (Wildman–Crippen MR) is 62.9 cm³/mol. The highest BCUT2D eigenvalue weighted by Gasteiger charge is 2.37. The Morgan fingerprint density at radius 1 is 1.47 bits per heavy atom. The normalized spacial score (nSPS) is 13.1. The number of anilines is 1. The monoisotopic (exact) mass is 278 g/mol. The molecule has 0 bridgehead atoms. The van der Waals surface area contributed by atoms with E-state index >= 15 is 0 Å². The van der Waals surface area contributed by atoms with Crippen LogP contribution in [-0.4, -0.2) is 24.3 Å². The minimum Gasteiger partial charge on any atom is -0.382 e. The van der Waals surface area contributed by atoms with Crippen LogP contribution in [0.1, 0.15) is 12.5 Å². The largest absolute Gasteiger partial charge is 0.414 e. The number of benzene rings is 1. The molecule has 5 nitrogen and oxygen atoms in total. The van der Waals surface area contributed by atoms with Crippen LogP contribution in [0.3, 0.4) is 0 Å². The molecule has 0 aliphatic heterocycles. The van der Waals surface area contributed by atoms with Crippen molar-refractivity contribution in [2.75, 3.05) is 12.4 Å². The third-order valence-electron chi connectivity index (χ3n) is 2.53. The second-order valence-corrected chi connectivity index (χ2v) is 3.81. The van der Waals surface area contributed by atoms with Gasteiger partial charge in [0.05, 0.1) is 11.5 Å². The highest BCUT2D eigenvalue weighted by Crippen LogP contribution is 2.30. The molecule has 0 amide bonds. The average molecular weight is 278 g/mol. The number of para-hydroxylation sites is 1. The standard InChI is InChI=1S/C11H13F3N2O3/c1-7(11(12,13)14)19-6-8-4-3-5-9(16(17)18)10(8)15-2/h3-5,7,15H,6H2,1-2H3. The minimum atomic E-state index is -4.46. The molecule has 1 rings (SSSR count). The van der Waals surface area contributed by atoms with Crippen molar-refractivity contribution in [3.63, 3.8) is 0 Å². The molecular formula is C11H13F3N2O3. The topological polar surface area (TPSA) is 64.4 Å². The van der Waals surface area contributed by atoms with Gasteiger partial charge in [-0.1, -0.05) is 12.1 Å². The van der Waals surface area contributed by atoms with Gasteiger partial charge in [-0.25, -0.2) is 0 Å². The van der Waals surface area contributed by atoms with Gasteiger partial charge in [-0.05, 0) is 6.92 Å². The van der Waals surface area contributed by atoms with Crippen LogP contribution < -0.4 is 5.32 Å². The van der Waals surface area contributed by atoms with E-state index in [-0.39, 0.29) is 18.0 Å². The van der Waals surface area contributed by atoms with E-state index in [1.165, 1.54) is 25.2 Å². The fraction of sp³-hybridized carbons (Fsp3) is 0.455. The molecule has 8 heteroatoms. The van der Waals surface area contributed by atoms with E-state index in [1.807, 2.05) is 0 Å². The molecule has 0 saturated carbocycles. The number of alkyl halides is 3. The van der Waals surface area contributed by atoms with Gasteiger partial charge in [-0.3, -0.25) is 10.1 Å². The Bertz CT molecular complexity index is 463. The van der Waals surface area contributed by atoms with Crippen LogP contribution >= 0.6 is 0 Å². The summed E-state index contributed by atoms with van der Waals surface area (Å²) in [6, 6.07) is 4.14. The summed E-state index contributed by atoms with van der Waals surface area (Å²) in [5, 5.41) is 13.4. The molecule has 106 valence electrons. The maximum absolute atomic E-state index is 12.3. The number of rotatable bonds is 5. The van der Waals surface area contributed by atoms with Crippen LogP contribution in [0, 0.1) is 10.1 Å². The molecule has 0 saturated heterocycles. The fourth-order valence-corrected chi connectivity index (χ4v) is 1.46. The van der Waals surface area contributed by atoms with Crippen molar-refractivity contribution in [2.24, 2.45) is 0 Å². The van der Waals surface area contributed by atoms with Crippen molar-refractivity contribution < 1.29 is 22.8 Å².